The van der Waals surface area contributed by atoms with E-state index in [1.54, 1.807) is 0 Å². The maximum absolute atomic E-state index is 11.7. The fourth-order valence-corrected chi connectivity index (χ4v) is 4.48. The lowest BCUT2D eigenvalue weighted by molar-refractivity contribution is -0.159. The number of hydrogen-bond acceptors (Lipinski definition) is 5. The van der Waals surface area contributed by atoms with Gasteiger partial charge in [0.2, 0.25) is 0 Å². The van der Waals surface area contributed by atoms with Gasteiger partial charge in [0.05, 0.1) is 6.10 Å². The summed E-state index contributed by atoms with van der Waals surface area (Å²) in [5, 5.41) is 10.4. The molecule has 0 amide bonds. The smallest absolute Gasteiger partial charge is 0.334 e. The first kappa shape index (κ1) is 15.3. The Morgan fingerprint density at radius 1 is 1.41 bits per heavy atom. The predicted octanol–water partition coefficient (Wildman–Crippen LogP) is 1.75. The number of aliphatic hydroxyl groups is 1. The minimum atomic E-state index is -0.769. The average Bonchev–Trinajstić information content (AvgIpc) is 2.67. The summed E-state index contributed by atoms with van der Waals surface area (Å²) in [6, 6.07) is 0. The second kappa shape index (κ2) is 4.95. The van der Waals surface area contributed by atoms with Crippen molar-refractivity contribution in [2.24, 2.45) is 17.3 Å². The molecule has 3 rings (SSSR count). The standard InChI is InChI=1S/C17H22O5/c1-8-11-5-12-9(2)15(21-10(3)18)13(19)6-17(12,4)7-14(11)22-16(8)20/h11-15,19H,1-2,5-7H2,3-4H3/t11-,12+,13-,14-,15-,17+/m1/s1. The number of aliphatic hydroxyl groups excluding tert-OH is 1. The summed E-state index contributed by atoms with van der Waals surface area (Å²) in [5.74, 6) is -0.672. The SMILES string of the molecule is C=C1C(=O)O[C@@H]2C[C@]3(C)C[C@@H](O)[C@H](OC(C)=O)C(=C)[C@@H]3C[C@H]12. The first-order valence-corrected chi connectivity index (χ1v) is 7.66. The number of hydrogen-bond donors (Lipinski definition) is 1. The molecule has 0 bridgehead atoms. The molecule has 6 atom stereocenters. The molecule has 22 heavy (non-hydrogen) atoms. The van der Waals surface area contributed by atoms with Crippen molar-refractivity contribution in [3.05, 3.63) is 24.3 Å². The van der Waals surface area contributed by atoms with Gasteiger partial charge in [0.25, 0.3) is 0 Å². The predicted molar refractivity (Wildman–Crippen MR) is 78.7 cm³/mol. The van der Waals surface area contributed by atoms with Gasteiger partial charge in [0.15, 0.2) is 0 Å². The maximum atomic E-state index is 11.7. The van der Waals surface area contributed by atoms with Crippen molar-refractivity contribution in [3.8, 4) is 0 Å². The molecule has 5 nitrogen and oxygen atoms in total. The van der Waals surface area contributed by atoms with Crippen molar-refractivity contribution in [2.75, 3.05) is 0 Å². The van der Waals surface area contributed by atoms with Crippen molar-refractivity contribution >= 4 is 11.9 Å². The van der Waals surface area contributed by atoms with Crippen LogP contribution in [0.15, 0.2) is 24.3 Å². The van der Waals surface area contributed by atoms with Crippen LogP contribution in [0, 0.1) is 17.3 Å². The molecule has 1 heterocycles. The fraction of sp³-hybridized carbons (Fsp3) is 0.647. The molecule has 1 aliphatic heterocycles. The summed E-state index contributed by atoms with van der Waals surface area (Å²) < 4.78 is 10.7. The summed E-state index contributed by atoms with van der Waals surface area (Å²) in [7, 11) is 0. The van der Waals surface area contributed by atoms with E-state index in [4.69, 9.17) is 9.47 Å². The molecule has 1 saturated heterocycles. The van der Waals surface area contributed by atoms with E-state index in [1.807, 2.05) is 0 Å². The molecule has 2 saturated carbocycles. The molecule has 0 radical (unpaired) electrons. The van der Waals surface area contributed by atoms with Crippen molar-refractivity contribution in [1.82, 2.24) is 0 Å². The lowest BCUT2D eigenvalue weighted by atomic mass is 9.54. The van der Waals surface area contributed by atoms with Gasteiger partial charge in [-0.25, -0.2) is 4.79 Å². The molecule has 0 spiro atoms. The van der Waals surface area contributed by atoms with Gasteiger partial charge < -0.3 is 14.6 Å². The number of carbonyl (C=O) groups is 2. The Kier molecular flexibility index (Phi) is 3.44. The maximum Gasteiger partial charge on any atom is 0.334 e. The number of rotatable bonds is 1. The Morgan fingerprint density at radius 3 is 2.73 bits per heavy atom. The topological polar surface area (TPSA) is 72.8 Å². The summed E-state index contributed by atoms with van der Waals surface area (Å²) in [6.45, 7) is 11.4. The van der Waals surface area contributed by atoms with Crippen LogP contribution < -0.4 is 0 Å². The van der Waals surface area contributed by atoms with E-state index in [-0.39, 0.29) is 29.3 Å². The Bertz CT molecular complexity index is 565. The lowest BCUT2D eigenvalue weighted by Crippen LogP contribution is -2.52. The van der Waals surface area contributed by atoms with E-state index in [0.717, 1.165) is 5.57 Å². The third kappa shape index (κ3) is 2.19. The highest BCUT2D eigenvalue weighted by atomic mass is 16.6. The van der Waals surface area contributed by atoms with Crippen molar-refractivity contribution < 1.29 is 24.2 Å². The van der Waals surface area contributed by atoms with Gasteiger partial charge in [-0.15, -0.1) is 0 Å². The highest BCUT2D eigenvalue weighted by molar-refractivity contribution is 5.90. The normalized spacial score (nSPS) is 44.1. The van der Waals surface area contributed by atoms with Crippen LogP contribution in [0.2, 0.25) is 0 Å². The summed E-state index contributed by atoms with van der Waals surface area (Å²) in [6.07, 6.45) is 0.284. The number of ether oxygens (including phenoxy) is 2. The van der Waals surface area contributed by atoms with Crippen LogP contribution in [-0.2, 0) is 19.1 Å². The Morgan fingerprint density at radius 2 is 2.09 bits per heavy atom. The van der Waals surface area contributed by atoms with Crippen LogP contribution in [0.25, 0.3) is 0 Å². The van der Waals surface area contributed by atoms with Crippen molar-refractivity contribution in [1.29, 1.82) is 0 Å². The van der Waals surface area contributed by atoms with E-state index in [0.29, 0.717) is 24.8 Å². The quantitative estimate of drug-likeness (QED) is 0.454. The highest BCUT2D eigenvalue weighted by Gasteiger charge is 2.56. The van der Waals surface area contributed by atoms with E-state index < -0.39 is 18.2 Å². The van der Waals surface area contributed by atoms with E-state index in [2.05, 4.69) is 20.1 Å². The molecule has 0 aromatic heterocycles. The highest BCUT2D eigenvalue weighted by Crippen LogP contribution is 2.57. The first-order valence-electron chi connectivity index (χ1n) is 7.66. The summed E-state index contributed by atoms with van der Waals surface area (Å²) in [5.41, 5.74) is 1.05. The molecule has 1 N–H and O–H groups in total. The molecule has 5 heteroatoms. The Hall–Kier alpha value is -1.62. The van der Waals surface area contributed by atoms with Gasteiger partial charge in [0.1, 0.15) is 12.2 Å². The molecule has 0 aromatic carbocycles. The molecule has 3 aliphatic rings. The monoisotopic (exact) mass is 306 g/mol. The van der Waals surface area contributed by atoms with Gasteiger partial charge in [-0.1, -0.05) is 20.1 Å². The molecular weight excluding hydrogens is 284 g/mol. The summed E-state index contributed by atoms with van der Waals surface area (Å²) in [4.78, 5) is 23.0. The molecule has 0 aromatic rings. The van der Waals surface area contributed by atoms with E-state index >= 15 is 0 Å². The van der Waals surface area contributed by atoms with Crippen LogP contribution in [0.1, 0.15) is 33.1 Å². The molecule has 3 fully saturated rings. The van der Waals surface area contributed by atoms with Gasteiger partial charge in [-0.05, 0) is 36.2 Å². The second-order valence-electron chi connectivity index (χ2n) is 7.10. The average molecular weight is 306 g/mol. The lowest BCUT2D eigenvalue weighted by Gasteiger charge is -2.52. The zero-order valence-electron chi connectivity index (χ0n) is 13.0. The minimum absolute atomic E-state index is 0.00412. The first-order chi connectivity index (χ1) is 10.2. The second-order valence-corrected chi connectivity index (χ2v) is 7.10. The summed E-state index contributed by atoms with van der Waals surface area (Å²) >= 11 is 0. The molecule has 2 aliphatic carbocycles. The zero-order chi connectivity index (χ0) is 16.2. The number of fused-ring (bicyclic) bond motifs is 2. The Balaban J connectivity index is 1.88. The van der Waals surface area contributed by atoms with E-state index in [1.165, 1.54) is 6.92 Å². The zero-order valence-corrected chi connectivity index (χ0v) is 13.0. The third-order valence-electron chi connectivity index (χ3n) is 5.55. The Labute approximate surface area is 130 Å². The van der Waals surface area contributed by atoms with Crippen LogP contribution in [-0.4, -0.2) is 35.4 Å². The molecule has 120 valence electrons. The van der Waals surface area contributed by atoms with E-state index in [9.17, 15) is 14.7 Å². The van der Waals surface area contributed by atoms with Crippen LogP contribution in [0.4, 0.5) is 0 Å². The van der Waals surface area contributed by atoms with Crippen LogP contribution in [0.3, 0.4) is 0 Å². The van der Waals surface area contributed by atoms with Crippen LogP contribution >= 0.6 is 0 Å². The largest absolute Gasteiger partial charge is 0.458 e. The molecular formula is C17H22O5. The number of carbonyl (C=O) groups excluding carboxylic acids is 2. The van der Waals surface area contributed by atoms with Crippen LogP contribution in [0.5, 0.6) is 0 Å². The third-order valence-corrected chi connectivity index (χ3v) is 5.55. The van der Waals surface area contributed by atoms with Gasteiger partial charge in [-0.2, -0.15) is 0 Å². The minimum Gasteiger partial charge on any atom is -0.458 e. The van der Waals surface area contributed by atoms with Gasteiger partial charge >= 0.3 is 11.9 Å². The van der Waals surface area contributed by atoms with Gasteiger partial charge in [-0.3, -0.25) is 4.79 Å². The fourth-order valence-electron chi connectivity index (χ4n) is 4.48. The van der Waals surface area contributed by atoms with Crippen molar-refractivity contribution in [3.63, 3.8) is 0 Å². The van der Waals surface area contributed by atoms with Crippen molar-refractivity contribution in [2.45, 2.75) is 51.4 Å². The van der Waals surface area contributed by atoms with Gasteiger partial charge in [0, 0.05) is 18.4 Å². The molecule has 0 unspecified atom stereocenters. The number of esters is 2.